The van der Waals surface area contributed by atoms with Crippen molar-refractivity contribution in [1.29, 1.82) is 0 Å². The van der Waals surface area contributed by atoms with Gasteiger partial charge in [0, 0.05) is 0 Å². The molecule has 0 N–H and O–H groups in total. The van der Waals surface area contributed by atoms with Gasteiger partial charge in [-0.3, -0.25) is 9.98 Å². The molecular weight excluding hydrogens is 881 g/mol. The Kier molecular flexibility index (Phi) is 48.7. The predicted molar refractivity (Wildman–Crippen MR) is 333 cm³/mol. The molecule has 0 saturated carbocycles. The number of rotatable bonds is 56. The summed E-state index contributed by atoms with van der Waals surface area (Å²) in [4.78, 5) is 10.8. The van der Waals surface area contributed by atoms with E-state index in [0.29, 0.717) is 0 Å². The molecule has 0 aliphatic rings. The highest BCUT2D eigenvalue weighted by atomic mass is 14.8. The number of unbranched alkanes of at least 4 members (excludes halogenated alkanes) is 45. The minimum Gasteiger partial charge on any atom is -0.252 e. The van der Waals surface area contributed by atoms with Gasteiger partial charge in [0.15, 0.2) is 0 Å². The Bertz CT molecular complexity index is 1500. The summed E-state index contributed by atoms with van der Waals surface area (Å²) in [5.41, 5.74) is 7.54. The van der Waals surface area contributed by atoms with E-state index < -0.39 is 0 Å². The van der Waals surface area contributed by atoms with Gasteiger partial charge in [0.25, 0.3) is 0 Å². The lowest BCUT2D eigenvalue weighted by Gasteiger charge is -2.12. The Morgan fingerprint density at radius 1 is 0.247 bits per heavy atom. The van der Waals surface area contributed by atoms with Crippen molar-refractivity contribution in [2.45, 2.75) is 368 Å². The maximum absolute atomic E-state index is 5.42. The van der Waals surface area contributed by atoms with E-state index in [1.165, 1.54) is 331 Å². The lowest BCUT2D eigenvalue weighted by Crippen LogP contribution is -2.14. The molecule has 2 aromatic rings. The molecule has 0 aliphatic carbocycles. The smallest absolute Gasteiger partial charge is 0.0636 e. The fourth-order valence-electron chi connectivity index (χ4n) is 11.2. The highest BCUT2D eigenvalue weighted by Gasteiger charge is 2.12. The summed E-state index contributed by atoms with van der Waals surface area (Å²) < 4.78 is 0. The quantitative estimate of drug-likeness (QED) is 0.0466. The lowest BCUT2D eigenvalue weighted by atomic mass is 10.0. The predicted octanol–water partition coefficient (Wildman–Crippen LogP) is 25.6. The van der Waals surface area contributed by atoms with Crippen LogP contribution in [0.3, 0.4) is 0 Å². The molecule has 2 aromatic carbocycles. The Hall–Kier alpha value is -2.22. The number of nitrogens with zero attached hydrogens (tertiary/aromatic N) is 2. The Morgan fingerprint density at radius 3 is 0.726 bits per heavy atom. The van der Waals surface area contributed by atoms with Crippen LogP contribution in [-0.4, -0.2) is 11.4 Å². The van der Waals surface area contributed by atoms with Gasteiger partial charge in [-0.25, -0.2) is 0 Å². The first-order valence-corrected chi connectivity index (χ1v) is 33.5. The Balaban J connectivity index is 1.64. The van der Waals surface area contributed by atoms with Crippen LogP contribution in [0.1, 0.15) is 366 Å². The number of aliphatic imine (C=N–C) groups is 2. The molecule has 420 valence electrons. The van der Waals surface area contributed by atoms with Crippen molar-refractivity contribution in [2.24, 2.45) is 9.98 Å². The van der Waals surface area contributed by atoms with Gasteiger partial charge >= 0.3 is 0 Å². The van der Waals surface area contributed by atoms with Crippen molar-refractivity contribution in [3.8, 4) is 0 Å². The third-order valence-electron chi connectivity index (χ3n) is 16.1. The van der Waals surface area contributed by atoms with Crippen molar-refractivity contribution < 1.29 is 0 Å². The van der Waals surface area contributed by atoms with E-state index >= 15 is 0 Å². The van der Waals surface area contributed by atoms with E-state index in [9.17, 15) is 0 Å². The normalized spacial score (nSPS) is 12.2. The van der Waals surface area contributed by atoms with E-state index in [4.69, 9.17) is 9.98 Å². The van der Waals surface area contributed by atoms with Gasteiger partial charge in [-0.2, -0.15) is 0 Å². The van der Waals surface area contributed by atoms with Crippen LogP contribution in [0.5, 0.6) is 0 Å². The third-order valence-corrected chi connectivity index (χ3v) is 16.1. The first-order chi connectivity index (χ1) is 36.2. The Labute approximate surface area is 458 Å². The summed E-state index contributed by atoms with van der Waals surface area (Å²) in [6.45, 7) is 9.24. The largest absolute Gasteiger partial charge is 0.252 e. The molecular formula is C71H126N2. The van der Waals surface area contributed by atoms with E-state index in [1.807, 2.05) is 0 Å². The Morgan fingerprint density at radius 2 is 0.466 bits per heavy atom. The van der Waals surface area contributed by atoms with Crippen LogP contribution in [0.25, 0.3) is 0 Å². The van der Waals surface area contributed by atoms with Crippen molar-refractivity contribution in [3.05, 3.63) is 59.7 Å². The van der Waals surface area contributed by atoms with E-state index in [2.05, 4.69) is 76.2 Å². The maximum Gasteiger partial charge on any atom is 0.0636 e. The molecule has 0 unspecified atom stereocenters. The van der Waals surface area contributed by atoms with Gasteiger partial charge < -0.3 is 0 Å². The molecule has 0 bridgehead atoms. The SMILES string of the molecule is CCCCCCCCCCCCCCCCCCCCCCCCc1cccc(N=C(CCCC)C(CCCCC)=Nc2cccc(CCCCCCCCCCCCCCCCCCCCCCCC)c2)c1. The van der Waals surface area contributed by atoms with Crippen LogP contribution < -0.4 is 0 Å². The van der Waals surface area contributed by atoms with Gasteiger partial charge in [-0.15, -0.1) is 0 Å². The molecule has 0 spiro atoms. The molecule has 0 aromatic heterocycles. The highest BCUT2D eigenvalue weighted by molar-refractivity contribution is 6.43. The zero-order chi connectivity index (χ0) is 52.0. The standard InChI is InChI=1S/C71H126N2/c1-5-9-13-15-17-19-21-23-25-27-29-31-33-35-37-39-41-43-45-47-49-52-56-66-58-54-60-68(64-66)72-70(62-12-8-4)71(63-51-11-7-3)73-69-61-55-59-67(65-69)57-53-50-48-46-44-42-40-38-36-34-32-30-28-26-24-22-20-18-16-14-10-6-2/h54-55,58-61,64-65H,5-53,56-57,62-63H2,1-4H3. The second-order valence-corrected chi connectivity index (χ2v) is 23.4. The number of benzene rings is 2. The van der Waals surface area contributed by atoms with Gasteiger partial charge in [0.05, 0.1) is 22.8 Å². The van der Waals surface area contributed by atoms with Crippen LogP contribution in [0, 0.1) is 0 Å². The van der Waals surface area contributed by atoms with Gasteiger partial charge in [0.2, 0.25) is 0 Å². The van der Waals surface area contributed by atoms with E-state index in [0.717, 1.165) is 43.5 Å². The maximum atomic E-state index is 5.42. The van der Waals surface area contributed by atoms with Crippen molar-refractivity contribution in [3.63, 3.8) is 0 Å². The van der Waals surface area contributed by atoms with Gasteiger partial charge in [0.1, 0.15) is 0 Å². The van der Waals surface area contributed by atoms with Crippen LogP contribution in [0.4, 0.5) is 11.4 Å². The third kappa shape index (κ3) is 42.6. The average Bonchev–Trinajstić information content (AvgIpc) is 3.40. The highest BCUT2D eigenvalue weighted by Crippen LogP contribution is 2.24. The molecule has 0 aliphatic heterocycles. The zero-order valence-electron chi connectivity index (χ0n) is 50.0. The summed E-state index contributed by atoms with van der Waals surface area (Å²) in [5, 5.41) is 0. The first-order valence-electron chi connectivity index (χ1n) is 33.5. The summed E-state index contributed by atoms with van der Waals surface area (Å²) in [5.74, 6) is 0. The van der Waals surface area contributed by atoms with E-state index in [1.54, 1.807) is 0 Å². The molecule has 2 rings (SSSR count). The molecule has 73 heavy (non-hydrogen) atoms. The second-order valence-electron chi connectivity index (χ2n) is 23.4. The minimum absolute atomic E-state index is 1.00. The molecule has 0 fully saturated rings. The van der Waals surface area contributed by atoms with Gasteiger partial charge in [-0.1, -0.05) is 341 Å². The molecule has 2 nitrogen and oxygen atoms in total. The van der Waals surface area contributed by atoms with E-state index in [-0.39, 0.29) is 0 Å². The van der Waals surface area contributed by atoms with Gasteiger partial charge in [-0.05, 0) is 86.8 Å². The average molecular weight is 1010 g/mol. The molecule has 0 radical (unpaired) electrons. The number of aryl methyl sites for hydroxylation is 2. The number of hydrogen-bond acceptors (Lipinski definition) is 2. The van der Waals surface area contributed by atoms with Crippen LogP contribution >= 0.6 is 0 Å². The second kappa shape index (κ2) is 53.2. The molecule has 0 heterocycles. The summed E-state index contributed by atoms with van der Waals surface area (Å²) in [7, 11) is 0. The topological polar surface area (TPSA) is 24.7 Å². The van der Waals surface area contributed by atoms with Crippen molar-refractivity contribution >= 4 is 22.8 Å². The molecule has 2 heteroatoms. The molecule has 0 atom stereocenters. The summed E-state index contributed by atoms with van der Waals surface area (Å²) in [6, 6.07) is 18.3. The van der Waals surface area contributed by atoms with Crippen LogP contribution in [0.15, 0.2) is 58.5 Å². The van der Waals surface area contributed by atoms with Crippen molar-refractivity contribution in [2.75, 3.05) is 0 Å². The number of hydrogen-bond donors (Lipinski definition) is 0. The van der Waals surface area contributed by atoms with Crippen LogP contribution in [-0.2, 0) is 12.8 Å². The summed E-state index contributed by atoms with van der Waals surface area (Å²) >= 11 is 0. The zero-order valence-corrected chi connectivity index (χ0v) is 50.0. The fourth-order valence-corrected chi connectivity index (χ4v) is 11.2. The van der Waals surface area contributed by atoms with Crippen LogP contribution in [0.2, 0.25) is 0 Å². The first kappa shape index (κ1) is 66.9. The molecule has 0 amide bonds. The lowest BCUT2D eigenvalue weighted by molar-refractivity contribution is 0.519. The fraction of sp³-hybridized carbons (Fsp3) is 0.803. The summed E-state index contributed by atoms with van der Waals surface area (Å²) in [6.07, 6.45) is 73.6. The molecule has 0 saturated heterocycles. The van der Waals surface area contributed by atoms with Crippen molar-refractivity contribution in [1.82, 2.24) is 0 Å². The minimum atomic E-state index is 1.00. The monoisotopic (exact) mass is 1010 g/mol.